The fourth-order valence-electron chi connectivity index (χ4n) is 3.99. The third kappa shape index (κ3) is 7.23. The van der Waals surface area contributed by atoms with Crippen molar-refractivity contribution in [3.63, 3.8) is 0 Å². The van der Waals surface area contributed by atoms with Gasteiger partial charge in [-0.15, -0.1) is 24.0 Å². The molecule has 0 aliphatic carbocycles. The van der Waals surface area contributed by atoms with Crippen molar-refractivity contribution in [2.45, 2.75) is 32.7 Å². The van der Waals surface area contributed by atoms with Gasteiger partial charge in [-0.3, -0.25) is 9.89 Å². The number of aromatic nitrogens is 1. The average molecular weight is 490 g/mol. The maximum Gasteiger partial charge on any atom is 0.193 e. The second kappa shape index (κ2) is 11.9. The number of likely N-dealkylation sites (tertiary alicyclic amines) is 1. The number of piperidine rings is 1. The van der Waals surface area contributed by atoms with Crippen LogP contribution >= 0.6 is 24.0 Å². The van der Waals surface area contributed by atoms with Crippen molar-refractivity contribution in [1.29, 1.82) is 0 Å². The first kappa shape index (κ1) is 22.4. The molecule has 7 nitrogen and oxygen atoms in total. The summed E-state index contributed by atoms with van der Waals surface area (Å²) in [5.74, 6) is 1.90. The molecular formula is C19H35IN6O. The molecule has 27 heavy (non-hydrogen) atoms. The van der Waals surface area contributed by atoms with Crippen molar-refractivity contribution in [3.05, 3.63) is 18.0 Å². The molecule has 1 N–H and O–H groups in total. The fourth-order valence-corrected chi connectivity index (χ4v) is 3.99. The summed E-state index contributed by atoms with van der Waals surface area (Å²) < 4.78 is 4.92. The Hall–Kier alpha value is -0.870. The van der Waals surface area contributed by atoms with Crippen molar-refractivity contribution in [2.75, 3.05) is 59.4 Å². The van der Waals surface area contributed by atoms with Crippen LogP contribution in [0.3, 0.4) is 0 Å². The van der Waals surface area contributed by atoms with E-state index in [0.29, 0.717) is 0 Å². The van der Waals surface area contributed by atoms with Crippen molar-refractivity contribution >= 4 is 29.9 Å². The van der Waals surface area contributed by atoms with Gasteiger partial charge in [-0.05, 0) is 38.3 Å². The lowest BCUT2D eigenvalue weighted by atomic mass is 10.0. The van der Waals surface area contributed by atoms with E-state index in [1.54, 1.807) is 6.26 Å². The van der Waals surface area contributed by atoms with Crippen LogP contribution in [-0.2, 0) is 6.54 Å². The van der Waals surface area contributed by atoms with Crippen LogP contribution in [-0.4, -0.2) is 85.2 Å². The Morgan fingerprint density at radius 1 is 1.26 bits per heavy atom. The maximum absolute atomic E-state index is 4.92. The minimum absolute atomic E-state index is 0. The molecule has 8 heteroatoms. The Balaban J connectivity index is 0.00000261. The smallest absolute Gasteiger partial charge is 0.193 e. The van der Waals surface area contributed by atoms with Gasteiger partial charge < -0.3 is 19.6 Å². The molecule has 0 aromatic carbocycles. The molecule has 2 aliphatic rings. The molecule has 1 unspecified atom stereocenters. The average Bonchev–Trinajstić information content (AvgIpc) is 3.16. The number of aliphatic imine (C=N–C) groups is 1. The highest BCUT2D eigenvalue weighted by Gasteiger charge is 2.20. The largest absolute Gasteiger partial charge is 0.364 e. The van der Waals surface area contributed by atoms with Crippen molar-refractivity contribution in [2.24, 2.45) is 10.9 Å². The minimum Gasteiger partial charge on any atom is -0.364 e. The summed E-state index contributed by atoms with van der Waals surface area (Å²) in [6.45, 7) is 12.0. The molecule has 0 spiro atoms. The van der Waals surface area contributed by atoms with Crippen LogP contribution in [0, 0.1) is 5.92 Å². The number of guanidine groups is 1. The molecule has 2 aliphatic heterocycles. The number of hydrogen-bond donors (Lipinski definition) is 1. The van der Waals surface area contributed by atoms with Gasteiger partial charge in [0, 0.05) is 58.9 Å². The monoisotopic (exact) mass is 490 g/mol. The number of hydrogen-bond acceptors (Lipinski definition) is 5. The van der Waals surface area contributed by atoms with E-state index in [9.17, 15) is 0 Å². The van der Waals surface area contributed by atoms with Crippen LogP contribution in [0.15, 0.2) is 21.8 Å². The zero-order valence-corrected chi connectivity index (χ0v) is 19.1. The summed E-state index contributed by atoms with van der Waals surface area (Å²) in [6.07, 6.45) is 5.57. The third-order valence-electron chi connectivity index (χ3n) is 5.44. The van der Waals surface area contributed by atoms with Crippen LogP contribution in [0.5, 0.6) is 0 Å². The highest BCUT2D eigenvalue weighted by Crippen LogP contribution is 2.15. The Morgan fingerprint density at radius 2 is 2.07 bits per heavy atom. The Morgan fingerprint density at radius 3 is 2.74 bits per heavy atom. The maximum atomic E-state index is 4.92. The van der Waals surface area contributed by atoms with E-state index >= 15 is 0 Å². The van der Waals surface area contributed by atoms with Crippen LogP contribution in [0.25, 0.3) is 0 Å². The highest BCUT2D eigenvalue weighted by molar-refractivity contribution is 14.0. The molecule has 1 aromatic heterocycles. The SMILES string of the molecule is CN=C(NCCCN1CCCC(C)C1)N1CCN(Cc2ccon2)CC1.I. The first-order chi connectivity index (χ1) is 12.7. The van der Waals surface area contributed by atoms with Crippen LogP contribution in [0.1, 0.15) is 31.9 Å². The molecular weight excluding hydrogens is 455 g/mol. The minimum atomic E-state index is 0. The molecule has 2 saturated heterocycles. The first-order valence-corrected chi connectivity index (χ1v) is 10.0. The Kier molecular flexibility index (Phi) is 9.84. The fraction of sp³-hybridized carbons (Fsp3) is 0.789. The molecule has 0 amide bonds. The molecule has 2 fully saturated rings. The zero-order chi connectivity index (χ0) is 18.2. The van der Waals surface area contributed by atoms with Gasteiger partial charge in [0.1, 0.15) is 6.26 Å². The van der Waals surface area contributed by atoms with Gasteiger partial charge in [0.05, 0.1) is 5.69 Å². The number of halogens is 1. The van der Waals surface area contributed by atoms with Gasteiger partial charge in [-0.1, -0.05) is 12.1 Å². The van der Waals surface area contributed by atoms with Crippen molar-refractivity contribution in [3.8, 4) is 0 Å². The summed E-state index contributed by atoms with van der Waals surface area (Å²) in [4.78, 5) is 11.9. The third-order valence-corrected chi connectivity index (χ3v) is 5.44. The number of nitrogens with one attached hydrogen (secondary N) is 1. The molecule has 1 aromatic rings. The lowest BCUT2D eigenvalue weighted by Gasteiger charge is -2.36. The van der Waals surface area contributed by atoms with Gasteiger partial charge in [0.15, 0.2) is 5.96 Å². The van der Waals surface area contributed by atoms with E-state index in [4.69, 9.17) is 4.52 Å². The summed E-state index contributed by atoms with van der Waals surface area (Å²) in [5.41, 5.74) is 1.01. The van der Waals surface area contributed by atoms with Crippen LogP contribution < -0.4 is 5.32 Å². The second-order valence-electron chi connectivity index (χ2n) is 7.63. The standard InChI is InChI=1S/C19H34N6O.HI/c1-17-5-3-8-23(15-17)9-4-7-21-19(20-2)25-12-10-24(11-13-25)16-18-6-14-26-22-18;/h6,14,17H,3-5,7-13,15-16H2,1-2H3,(H,20,21);1H. The summed E-state index contributed by atoms with van der Waals surface area (Å²) in [6, 6.07) is 1.94. The molecule has 0 saturated carbocycles. The molecule has 154 valence electrons. The van der Waals surface area contributed by atoms with Gasteiger partial charge >= 0.3 is 0 Å². The quantitative estimate of drug-likeness (QED) is 0.285. The van der Waals surface area contributed by atoms with E-state index in [1.165, 1.54) is 38.9 Å². The Bertz CT molecular complexity index is 544. The van der Waals surface area contributed by atoms with Crippen molar-refractivity contribution < 1.29 is 4.52 Å². The molecule has 3 heterocycles. The number of nitrogens with zero attached hydrogens (tertiary/aromatic N) is 5. The van der Waals surface area contributed by atoms with Gasteiger partial charge in [-0.2, -0.15) is 0 Å². The molecule has 1 atom stereocenters. The van der Waals surface area contributed by atoms with Crippen LogP contribution in [0.4, 0.5) is 0 Å². The van der Waals surface area contributed by atoms with E-state index < -0.39 is 0 Å². The number of piperazine rings is 1. The topological polar surface area (TPSA) is 60.1 Å². The van der Waals surface area contributed by atoms with E-state index in [2.05, 4.69) is 37.1 Å². The summed E-state index contributed by atoms with van der Waals surface area (Å²) in [7, 11) is 1.89. The second-order valence-corrected chi connectivity index (χ2v) is 7.63. The lowest BCUT2D eigenvalue weighted by Crippen LogP contribution is -2.52. The predicted octanol–water partition coefficient (Wildman–Crippen LogP) is 2.11. The first-order valence-electron chi connectivity index (χ1n) is 10.0. The predicted molar refractivity (Wildman–Crippen MR) is 120 cm³/mol. The zero-order valence-electron chi connectivity index (χ0n) is 16.8. The summed E-state index contributed by atoms with van der Waals surface area (Å²) in [5, 5.41) is 7.56. The van der Waals surface area contributed by atoms with Crippen molar-refractivity contribution in [1.82, 2.24) is 25.2 Å². The van der Waals surface area contributed by atoms with E-state index in [1.807, 2.05) is 13.1 Å². The lowest BCUT2D eigenvalue weighted by molar-refractivity contribution is 0.168. The van der Waals surface area contributed by atoms with E-state index in [-0.39, 0.29) is 24.0 Å². The van der Waals surface area contributed by atoms with Crippen LogP contribution in [0.2, 0.25) is 0 Å². The van der Waals surface area contributed by atoms with Gasteiger partial charge in [0.25, 0.3) is 0 Å². The highest BCUT2D eigenvalue weighted by atomic mass is 127. The van der Waals surface area contributed by atoms with Gasteiger partial charge in [0.2, 0.25) is 0 Å². The normalized spacial score (nSPS) is 22.5. The number of rotatable bonds is 6. The molecule has 0 radical (unpaired) electrons. The summed E-state index contributed by atoms with van der Waals surface area (Å²) >= 11 is 0. The molecule has 0 bridgehead atoms. The van der Waals surface area contributed by atoms with Gasteiger partial charge in [-0.25, -0.2) is 0 Å². The molecule has 3 rings (SSSR count). The van der Waals surface area contributed by atoms with E-state index in [0.717, 1.165) is 56.8 Å². The Labute approximate surface area is 180 Å².